The molecule has 160 valence electrons. The van der Waals surface area contributed by atoms with E-state index in [4.69, 9.17) is 5.11 Å². The molecule has 0 bridgehead atoms. The Morgan fingerprint density at radius 1 is 0.926 bits per heavy atom. The van der Waals surface area contributed by atoms with Gasteiger partial charge in [-0.05, 0) is 64.7 Å². The highest BCUT2D eigenvalue weighted by Crippen LogP contribution is 2.19. The van der Waals surface area contributed by atoms with Crippen molar-refractivity contribution in [3.05, 3.63) is 12.2 Å². The van der Waals surface area contributed by atoms with Crippen LogP contribution in [0, 0.1) is 0 Å². The zero-order chi connectivity index (χ0) is 20.4. The van der Waals surface area contributed by atoms with Crippen LogP contribution in [-0.4, -0.2) is 52.9 Å². The smallest absolute Gasteiger partial charge is 0.303 e. The van der Waals surface area contributed by atoms with Gasteiger partial charge in [-0.2, -0.15) is 0 Å². The molecule has 0 aromatic heterocycles. The van der Waals surface area contributed by atoms with Crippen molar-refractivity contribution in [1.29, 1.82) is 0 Å². The van der Waals surface area contributed by atoms with Crippen LogP contribution in [0.25, 0.3) is 0 Å². The third-order valence-corrected chi connectivity index (χ3v) is 5.49. The van der Waals surface area contributed by atoms with E-state index in [0.29, 0.717) is 0 Å². The lowest BCUT2D eigenvalue weighted by atomic mass is 10.1. The van der Waals surface area contributed by atoms with Gasteiger partial charge in [-0.3, -0.25) is 4.79 Å². The first-order chi connectivity index (χ1) is 13.0. The third kappa shape index (κ3) is 14.8. The first-order valence-electron chi connectivity index (χ1n) is 11.4. The summed E-state index contributed by atoms with van der Waals surface area (Å²) in [4.78, 5) is 10.8. The molecule has 4 nitrogen and oxygen atoms in total. The molecule has 0 aliphatic carbocycles. The summed E-state index contributed by atoms with van der Waals surface area (Å²) >= 11 is 0. The molecule has 0 aromatic rings. The highest BCUT2D eigenvalue weighted by molar-refractivity contribution is 5.66. The summed E-state index contributed by atoms with van der Waals surface area (Å²) in [6, 6.07) is 0. The van der Waals surface area contributed by atoms with E-state index in [2.05, 4.69) is 26.0 Å². The van der Waals surface area contributed by atoms with Gasteiger partial charge in [-0.15, -0.1) is 0 Å². The maximum absolute atomic E-state index is 10.8. The number of aliphatic hydroxyl groups is 1. The summed E-state index contributed by atoms with van der Waals surface area (Å²) in [5.41, 5.74) is 0. The molecule has 27 heavy (non-hydrogen) atoms. The van der Waals surface area contributed by atoms with Gasteiger partial charge in [-0.1, -0.05) is 38.8 Å². The van der Waals surface area contributed by atoms with Gasteiger partial charge in [0.2, 0.25) is 0 Å². The van der Waals surface area contributed by atoms with Crippen LogP contribution in [-0.2, 0) is 4.79 Å². The van der Waals surface area contributed by atoms with Crippen molar-refractivity contribution >= 4 is 5.97 Å². The van der Waals surface area contributed by atoms with Gasteiger partial charge in [0.05, 0.1) is 19.6 Å². The Labute approximate surface area is 168 Å². The molecule has 0 heterocycles. The van der Waals surface area contributed by atoms with Crippen molar-refractivity contribution in [3.8, 4) is 0 Å². The molecule has 1 unspecified atom stereocenters. The van der Waals surface area contributed by atoms with E-state index in [-0.39, 0.29) is 12.5 Å². The van der Waals surface area contributed by atoms with Crippen LogP contribution >= 0.6 is 0 Å². The molecular weight excluding hydrogens is 338 g/mol. The van der Waals surface area contributed by atoms with Crippen LogP contribution in [0.2, 0.25) is 0 Å². The second-order valence-electron chi connectivity index (χ2n) is 8.11. The van der Waals surface area contributed by atoms with Crippen molar-refractivity contribution in [3.63, 3.8) is 0 Å². The first-order valence-corrected chi connectivity index (χ1v) is 11.4. The second-order valence-corrected chi connectivity index (χ2v) is 8.11. The number of hydrogen-bond donors (Lipinski definition) is 2. The highest BCUT2D eigenvalue weighted by atomic mass is 16.4. The van der Waals surface area contributed by atoms with Crippen LogP contribution in [0.4, 0.5) is 0 Å². The maximum atomic E-state index is 10.8. The molecule has 0 rings (SSSR count). The predicted octanol–water partition coefficient (Wildman–Crippen LogP) is 5.55. The number of rotatable bonds is 19. The fourth-order valence-corrected chi connectivity index (χ4v) is 3.90. The molecule has 1 atom stereocenters. The number of nitrogens with zero attached hydrogens (tertiary/aromatic N) is 1. The third-order valence-electron chi connectivity index (χ3n) is 5.49. The summed E-state index contributed by atoms with van der Waals surface area (Å²) in [5.74, 6) is -0.700. The zero-order valence-corrected chi connectivity index (χ0v) is 18.3. The average molecular weight is 385 g/mol. The van der Waals surface area contributed by atoms with Gasteiger partial charge >= 0.3 is 5.97 Å². The summed E-state index contributed by atoms with van der Waals surface area (Å²) in [6.07, 6.45) is 16.2. The number of quaternary nitrogens is 1. The van der Waals surface area contributed by atoms with Crippen LogP contribution in [0.1, 0.15) is 97.8 Å². The molecule has 0 radical (unpaired) electrons. The van der Waals surface area contributed by atoms with Gasteiger partial charge in [0.15, 0.2) is 0 Å². The molecule has 0 saturated carbocycles. The molecule has 0 spiro atoms. The van der Waals surface area contributed by atoms with Crippen LogP contribution in [0.5, 0.6) is 0 Å². The monoisotopic (exact) mass is 384 g/mol. The van der Waals surface area contributed by atoms with Gasteiger partial charge in [0, 0.05) is 6.42 Å². The van der Waals surface area contributed by atoms with Crippen LogP contribution in [0.3, 0.4) is 0 Å². The fraction of sp³-hybridized carbons (Fsp3) is 0.870. The molecule has 0 aromatic carbocycles. The van der Waals surface area contributed by atoms with Crippen molar-refractivity contribution in [2.75, 3.05) is 26.2 Å². The van der Waals surface area contributed by atoms with E-state index in [0.717, 1.165) is 62.8 Å². The summed E-state index contributed by atoms with van der Waals surface area (Å²) in [7, 11) is 0. The molecule has 0 amide bonds. The van der Waals surface area contributed by atoms with Crippen LogP contribution < -0.4 is 0 Å². The predicted molar refractivity (Wildman–Crippen MR) is 115 cm³/mol. The Morgan fingerprint density at radius 3 is 1.96 bits per heavy atom. The molecule has 0 saturated heterocycles. The number of unbranched alkanes of at least 4 members (excludes halogenated alkanes) is 6. The minimum Gasteiger partial charge on any atom is -0.481 e. The summed E-state index contributed by atoms with van der Waals surface area (Å²) < 4.78 is 0.977. The second kappa shape index (κ2) is 17.2. The molecule has 2 N–H and O–H groups in total. The molecule has 0 fully saturated rings. The van der Waals surface area contributed by atoms with Gasteiger partial charge in [-0.25, -0.2) is 0 Å². The number of aliphatic carboxylic acids is 1. The Morgan fingerprint density at radius 2 is 1.48 bits per heavy atom. The fourth-order valence-electron chi connectivity index (χ4n) is 3.90. The molecule has 4 heteroatoms. The van der Waals surface area contributed by atoms with Gasteiger partial charge in [0.25, 0.3) is 0 Å². The summed E-state index contributed by atoms with van der Waals surface area (Å²) in [6.45, 7) is 10.6. The minimum absolute atomic E-state index is 0.252. The number of hydrogen-bond acceptors (Lipinski definition) is 2. The Kier molecular flexibility index (Phi) is 16.7. The van der Waals surface area contributed by atoms with Crippen molar-refractivity contribution in [1.82, 2.24) is 0 Å². The van der Waals surface area contributed by atoms with Crippen LogP contribution in [0.15, 0.2) is 12.2 Å². The highest BCUT2D eigenvalue weighted by Gasteiger charge is 2.29. The lowest BCUT2D eigenvalue weighted by Gasteiger charge is -2.41. The Bertz CT molecular complexity index is 372. The van der Waals surface area contributed by atoms with Gasteiger partial charge in [0.1, 0.15) is 12.6 Å². The van der Waals surface area contributed by atoms with E-state index in [9.17, 15) is 9.90 Å². The van der Waals surface area contributed by atoms with Gasteiger partial charge < -0.3 is 14.7 Å². The number of carboxylic acid groups (broad SMARTS) is 1. The number of carbonyl (C=O) groups is 1. The minimum atomic E-state index is -0.700. The van der Waals surface area contributed by atoms with E-state index < -0.39 is 5.97 Å². The molecular formula is C23H46NO3+. The normalized spacial score (nSPS) is 13.3. The molecule has 0 aliphatic heterocycles. The van der Waals surface area contributed by atoms with Crippen molar-refractivity contribution in [2.45, 2.75) is 104 Å². The summed E-state index contributed by atoms with van der Waals surface area (Å²) in [5, 5.41) is 19.6. The Hall–Kier alpha value is -0.870. The quantitative estimate of drug-likeness (QED) is 0.174. The topological polar surface area (TPSA) is 57.5 Å². The maximum Gasteiger partial charge on any atom is 0.303 e. The first kappa shape index (κ1) is 26.1. The average Bonchev–Trinajstić information content (AvgIpc) is 2.63. The lowest BCUT2D eigenvalue weighted by Crippen LogP contribution is -2.54. The zero-order valence-electron chi connectivity index (χ0n) is 18.3. The van der Waals surface area contributed by atoms with E-state index in [1.54, 1.807) is 0 Å². The lowest BCUT2D eigenvalue weighted by molar-refractivity contribution is -0.931. The molecule has 0 aliphatic rings. The standard InChI is InChI=1S/C23H45NO3/c1-4-7-10-11-16-22(25)21-24(18-13-8-5-2,19-14-9-6-3)20-15-12-17-23(26)27/h4,7,22,25H,5-6,8-21H2,1-3H3/p+1/b7-4+. The number of aliphatic hydroxyl groups excluding tert-OH is 1. The Balaban J connectivity index is 4.88. The number of carboxylic acids is 1. The van der Waals surface area contributed by atoms with E-state index in [1.165, 1.54) is 38.5 Å². The van der Waals surface area contributed by atoms with Crippen molar-refractivity contribution < 1.29 is 19.5 Å². The SMILES string of the molecule is C/C=C/CCCC(O)C[N+](CCCCC)(CCCCC)CCCCC(=O)O. The van der Waals surface area contributed by atoms with E-state index in [1.807, 2.05) is 6.92 Å². The van der Waals surface area contributed by atoms with E-state index >= 15 is 0 Å². The largest absolute Gasteiger partial charge is 0.481 e. The van der Waals surface area contributed by atoms with Crippen molar-refractivity contribution in [2.24, 2.45) is 0 Å². The number of allylic oxidation sites excluding steroid dienone is 2.